The maximum absolute atomic E-state index is 6.55. The number of nitrogens with zero attached hydrogens (tertiary/aromatic N) is 4. The molecule has 1 aliphatic carbocycles. The summed E-state index contributed by atoms with van der Waals surface area (Å²) in [6.07, 6.45) is 8.33. The third-order valence-corrected chi connectivity index (χ3v) is 12.0. The molecule has 0 fully saturated rings. The van der Waals surface area contributed by atoms with Crippen molar-refractivity contribution in [2.45, 2.75) is 98.3 Å². The molecule has 3 heterocycles. The Balaban J connectivity index is 0.00000455. The van der Waals surface area contributed by atoms with Gasteiger partial charge in [-0.1, -0.05) is 123 Å². The normalized spacial score (nSPS) is 13.4. The van der Waals surface area contributed by atoms with Crippen LogP contribution in [0.3, 0.4) is 0 Å². The molecule has 0 atom stereocenters. The second-order valence-electron chi connectivity index (χ2n) is 17.4. The van der Waals surface area contributed by atoms with Crippen molar-refractivity contribution in [1.82, 2.24) is 19.6 Å². The van der Waals surface area contributed by atoms with Gasteiger partial charge in [0.05, 0.1) is 18.0 Å². The van der Waals surface area contributed by atoms with Gasteiger partial charge in [-0.2, -0.15) is 10.2 Å². The average Bonchev–Trinajstić information content (AvgIpc) is 3.98. The molecule has 1 aliphatic rings. The molecule has 0 bridgehead atoms. The maximum atomic E-state index is 6.55. The van der Waals surface area contributed by atoms with E-state index in [9.17, 15) is 0 Å². The Kier molecular flexibility index (Phi) is 9.84. The van der Waals surface area contributed by atoms with Crippen molar-refractivity contribution < 1.29 is 25.5 Å². The molecule has 0 unspecified atom stereocenters. The molecule has 6 heteroatoms. The Hall–Kier alpha value is -4.99. The number of benzene rings is 5. The second-order valence-corrected chi connectivity index (χ2v) is 17.4. The Labute approximate surface area is 351 Å². The van der Waals surface area contributed by atoms with Gasteiger partial charge < -0.3 is 4.42 Å². The van der Waals surface area contributed by atoms with Gasteiger partial charge in [-0.15, -0.1) is 58.5 Å². The number of hydrogen-bond donors (Lipinski definition) is 0. The second kappa shape index (κ2) is 14.4. The Morgan fingerprint density at radius 2 is 1.00 bits per heavy atom. The van der Waals surface area contributed by atoms with E-state index >= 15 is 0 Å². The first kappa shape index (κ1) is 38.9. The van der Waals surface area contributed by atoms with Crippen LogP contribution in [0.5, 0.6) is 0 Å². The van der Waals surface area contributed by atoms with Crippen LogP contribution >= 0.6 is 0 Å². The molecule has 3 aromatic heterocycles. The summed E-state index contributed by atoms with van der Waals surface area (Å²) in [6.45, 7) is 22.7. The summed E-state index contributed by atoms with van der Waals surface area (Å²) >= 11 is 0. The third-order valence-electron chi connectivity index (χ3n) is 12.0. The van der Waals surface area contributed by atoms with Crippen molar-refractivity contribution in [2.75, 3.05) is 0 Å². The predicted octanol–water partition coefficient (Wildman–Crippen LogP) is 13.7. The Bertz CT molecular complexity index is 2760. The van der Waals surface area contributed by atoms with Gasteiger partial charge in [-0.3, -0.25) is 9.36 Å². The van der Waals surface area contributed by atoms with Crippen LogP contribution in [0.4, 0.5) is 0 Å². The van der Waals surface area contributed by atoms with E-state index in [-0.39, 0.29) is 26.5 Å². The van der Waals surface area contributed by atoms with E-state index in [1.54, 1.807) is 0 Å². The molecule has 0 amide bonds. The summed E-state index contributed by atoms with van der Waals surface area (Å²) in [5.41, 5.74) is 18.2. The molecule has 0 spiro atoms. The van der Waals surface area contributed by atoms with Crippen LogP contribution in [0.25, 0.3) is 66.7 Å². The summed E-state index contributed by atoms with van der Waals surface area (Å²) < 4.78 is 10.5. The standard InChI is InChI=1S/C51H50N4O.Pt/c1-29(2)37-13-11-14-38(30(3)4)47(37)33-25-52-54(27-33)35-17-19-43-41(23-35)49-44(51(43,9)10)20-22-46-50(49)42-24-36(18-21-45(42)56-46)55-28-34(26-53-55)48-39(31(5)6)15-12-16-40(48)32(7)8;/h11-22,25-32H,1-10H3;/q-2;+2. The number of rotatable bonds is 8. The van der Waals surface area contributed by atoms with Gasteiger partial charge >= 0.3 is 21.1 Å². The van der Waals surface area contributed by atoms with Crippen molar-refractivity contribution in [3.05, 3.63) is 143 Å². The van der Waals surface area contributed by atoms with Crippen molar-refractivity contribution in [1.29, 1.82) is 0 Å². The predicted molar refractivity (Wildman–Crippen MR) is 230 cm³/mol. The number of aromatic nitrogens is 4. The zero-order valence-corrected chi connectivity index (χ0v) is 36.8. The molecule has 290 valence electrons. The maximum Gasteiger partial charge on any atom is 2.00 e. The fraction of sp³-hybridized carbons (Fsp3) is 0.294. The van der Waals surface area contributed by atoms with Crippen LogP contribution in [-0.2, 0) is 26.5 Å². The van der Waals surface area contributed by atoms with Gasteiger partial charge in [0, 0.05) is 29.1 Å². The molecule has 0 saturated carbocycles. The quantitative estimate of drug-likeness (QED) is 0.143. The third kappa shape index (κ3) is 6.25. The van der Waals surface area contributed by atoms with E-state index in [4.69, 9.17) is 14.6 Å². The molecule has 0 saturated heterocycles. The topological polar surface area (TPSA) is 48.8 Å². The van der Waals surface area contributed by atoms with E-state index in [0.717, 1.165) is 55.6 Å². The average molecular weight is 930 g/mol. The van der Waals surface area contributed by atoms with Gasteiger partial charge in [0.15, 0.2) is 0 Å². The van der Waals surface area contributed by atoms with Crippen LogP contribution in [0, 0.1) is 12.1 Å². The van der Waals surface area contributed by atoms with Crippen molar-refractivity contribution in [3.8, 4) is 44.8 Å². The van der Waals surface area contributed by atoms with Crippen molar-refractivity contribution in [3.63, 3.8) is 0 Å². The summed E-state index contributed by atoms with van der Waals surface area (Å²) in [5, 5.41) is 11.9. The zero-order chi connectivity index (χ0) is 39.2. The van der Waals surface area contributed by atoms with E-state index in [0.29, 0.717) is 23.7 Å². The fourth-order valence-corrected chi connectivity index (χ4v) is 9.10. The number of hydrogen-bond acceptors (Lipinski definition) is 3. The van der Waals surface area contributed by atoms with Crippen molar-refractivity contribution in [2.24, 2.45) is 0 Å². The number of fused-ring (bicyclic) bond motifs is 7. The minimum Gasteiger partial charge on any atom is -0.511 e. The van der Waals surface area contributed by atoms with Gasteiger partial charge in [0.2, 0.25) is 0 Å². The van der Waals surface area contributed by atoms with E-state index in [1.165, 1.54) is 44.5 Å². The van der Waals surface area contributed by atoms with E-state index < -0.39 is 0 Å². The monoisotopic (exact) mass is 929 g/mol. The minimum atomic E-state index is -0.221. The summed E-state index contributed by atoms with van der Waals surface area (Å²) in [7, 11) is 0. The Morgan fingerprint density at radius 1 is 0.544 bits per heavy atom. The number of furan rings is 1. The van der Waals surface area contributed by atoms with Crippen molar-refractivity contribution >= 4 is 21.9 Å². The smallest absolute Gasteiger partial charge is 0.511 e. The molecule has 5 nitrogen and oxygen atoms in total. The molecule has 0 N–H and O–H groups in total. The SMILES string of the molecule is CC(C)c1cccc(C(C)C)c1-c1cnn(-c2[c-]c3c(cc2)C(C)(C)c2ccc4oc5ccc(-n6cc(-c7c(C(C)C)cccc7C(C)C)cn6)[c-]c5c4c2-3)c1.[Pt+2]. The molecule has 8 aromatic rings. The van der Waals surface area contributed by atoms with E-state index in [1.807, 2.05) is 21.8 Å². The molecule has 0 radical (unpaired) electrons. The van der Waals surface area contributed by atoms with E-state index in [2.05, 4.69) is 167 Å². The van der Waals surface area contributed by atoms with Crippen LogP contribution in [0.2, 0.25) is 0 Å². The Morgan fingerprint density at radius 3 is 1.51 bits per heavy atom. The molecule has 0 aliphatic heterocycles. The van der Waals surface area contributed by atoms with Crippen LogP contribution in [0.15, 0.2) is 102 Å². The molecule has 5 aromatic carbocycles. The first-order chi connectivity index (χ1) is 26.8. The van der Waals surface area contributed by atoms with Crippen LogP contribution in [0.1, 0.15) is 126 Å². The first-order valence-corrected chi connectivity index (χ1v) is 20.2. The first-order valence-electron chi connectivity index (χ1n) is 20.2. The molecular formula is C51H50N4OPt. The fourth-order valence-electron chi connectivity index (χ4n) is 9.10. The van der Waals surface area contributed by atoms with Gasteiger partial charge in [-0.25, -0.2) is 0 Å². The molecular weight excluding hydrogens is 880 g/mol. The molecule has 9 rings (SSSR count). The minimum absolute atomic E-state index is 0. The van der Waals surface area contributed by atoms with Gasteiger partial charge in [0.1, 0.15) is 0 Å². The van der Waals surface area contributed by atoms with Gasteiger partial charge in [0.25, 0.3) is 0 Å². The summed E-state index contributed by atoms with van der Waals surface area (Å²) in [6, 6.07) is 33.9. The van der Waals surface area contributed by atoms with Crippen LogP contribution < -0.4 is 0 Å². The summed E-state index contributed by atoms with van der Waals surface area (Å²) in [4.78, 5) is 0. The largest absolute Gasteiger partial charge is 2.00 e. The van der Waals surface area contributed by atoms with Gasteiger partial charge in [-0.05, 0) is 79.9 Å². The zero-order valence-electron chi connectivity index (χ0n) is 34.6. The molecule has 57 heavy (non-hydrogen) atoms. The van der Waals surface area contributed by atoms with Crippen LogP contribution in [-0.4, -0.2) is 19.6 Å². The summed E-state index contributed by atoms with van der Waals surface area (Å²) in [5.74, 6) is 1.59.